The van der Waals surface area contributed by atoms with Gasteiger partial charge in [-0.3, -0.25) is 4.79 Å². The highest BCUT2D eigenvalue weighted by Crippen LogP contribution is 2.34. The summed E-state index contributed by atoms with van der Waals surface area (Å²) in [6.45, 7) is 1.68. The fraction of sp³-hybridized carbons (Fsp3) is 0.524. The van der Waals surface area contributed by atoms with Crippen LogP contribution in [0.15, 0.2) is 18.2 Å². The lowest BCUT2D eigenvalue weighted by molar-refractivity contribution is -0.141. The smallest absolute Gasteiger partial charge is 0.349 e. The van der Waals surface area contributed by atoms with E-state index in [0.29, 0.717) is 15.6 Å². The van der Waals surface area contributed by atoms with Crippen LogP contribution in [0.4, 0.5) is 4.39 Å². The highest BCUT2D eigenvalue weighted by atomic mass is 32.1. The second-order valence-electron chi connectivity index (χ2n) is 7.24. The Bertz CT molecular complexity index is 859. The van der Waals surface area contributed by atoms with E-state index in [1.165, 1.54) is 19.6 Å². The Balaban J connectivity index is 1.77. The highest BCUT2D eigenvalue weighted by molar-refractivity contribution is 7.21. The third-order valence-corrected chi connectivity index (χ3v) is 6.52. The van der Waals surface area contributed by atoms with Crippen molar-refractivity contribution in [3.05, 3.63) is 34.5 Å². The molecule has 28 heavy (non-hydrogen) atoms. The molecule has 0 N–H and O–H groups in total. The van der Waals surface area contributed by atoms with Crippen LogP contribution in [0.3, 0.4) is 0 Å². The number of esters is 1. The average Bonchev–Trinajstić information content (AvgIpc) is 3.07. The molecule has 1 amide bonds. The van der Waals surface area contributed by atoms with Crippen LogP contribution in [-0.4, -0.2) is 43.1 Å². The molecule has 2 aromatic rings. The molecule has 0 radical (unpaired) electrons. The standard InChI is InChI=1S/C21H26FNO4S/c1-13(20(24)23(2)14-8-5-4-6-9-14)27-21(25)19-15(12-26-3)18-16(22)10-7-11-17(18)28-19/h7,10-11,13-14H,4-6,8-9,12H2,1-3H3/t13-/m0/s1. The molecule has 0 bridgehead atoms. The predicted octanol–water partition coefficient (Wildman–Crippen LogP) is 4.52. The molecule has 152 valence electrons. The zero-order chi connectivity index (χ0) is 20.3. The monoisotopic (exact) mass is 407 g/mol. The summed E-state index contributed by atoms with van der Waals surface area (Å²) in [5.41, 5.74) is 0.464. The van der Waals surface area contributed by atoms with Gasteiger partial charge in [-0.05, 0) is 31.9 Å². The van der Waals surface area contributed by atoms with Crippen LogP contribution in [0.1, 0.15) is 54.3 Å². The number of carbonyl (C=O) groups excluding carboxylic acids is 2. The van der Waals surface area contributed by atoms with Crippen molar-refractivity contribution in [2.45, 2.75) is 57.8 Å². The lowest BCUT2D eigenvalue weighted by Gasteiger charge is -2.32. The highest BCUT2D eigenvalue weighted by Gasteiger charge is 2.29. The number of nitrogens with zero attached hydrogens (tertiary/aromatic N) is 1. The van der Waals surface area contributed by atoms with E-state index in [1.54, 1.807) is 31.0 Å². The summed E-state index contributed by atoms with van der Waals surface area (Å²) >= 11 is 1.16. The van der Waals surface area contributed by atoms with Gasteiger partial charge in [0.1, 0.15) is 10.7 Å². The SMILES string of the molecule is COCc1c(C(=O)O[C@@H](C)C(=O)N(C)C2CCCCC2)sc2cccc(F)c12. The van der Waals surface area contributed by atoms with Crippen molar-refractivity contribution < 1.29 is 23.5 Å². The van der Waals surface area contributed by atoms with E-state index in [-0.39, 0.29) is 23.4 Å². The molecular formula is C21H26FNO4S. The number of likely N-dealkylation sites (N-methyl/N-ethyl adjacent to an activating group) is 1. The van der Waals surface area contributed by atoms with Crippen LogP contribution in [0.5, 0.6) is 0 Å². The molecule has 1 aliphatic carbocycles. The normalized spacial score (nSPS) is 16.1. The number of thiophene rings is 1. The molecule has 1 aromatic carbocycles. The van der Waals surface area contributed by atoms with Gasteiger partial charge in [0, 0.05) is 35.8 Å². The summed E-state index contributed by atoms with van der Waals surface area (Å²) in [6, 6.07) is 4.91. The molecule has 7 heteroatoms. The fourth-order valence-electron chi connectivity index (χ4n) is 3.81. The summed E-state index contributed by atoms with van der Waals surface area (Å²) in [6.07, 6.45) is 4.50. The zero-order valence-electron chi connectivity index (χ0n) is 16.5. The van der Waals surface area contributed by atoms with Crippen LogP contribution in [-0.2, 0) is 20.9 Å². The van der Waals surface area contributed by atoms with Gasteiger partial charge in [-0.2, -0.15) is 0 Å². The summed E-state index contributed by atoms with van der Waals surface area (Å²) < 4.78 is 25.6. The molecule has 1 aromatic heterocycles. The summed E-state index contributed by atoms with van der Waals surface area (Å²) in [4.78, 5) is 27.5. The first-order valence-corrected chi connectivity index (χ1v) is 10.4. The van der Waals surface area contributed by atoms with E-state index < -0.39 is 17.9 Å². The van der Waals surface area contributed by atoms with E-state index in [4.69, 9.17) is 9.47 Å². The number of amides is 1. The number of carbonyl (C=O) groups is 2. The number of fused-ring (bicyclic) bond motifs is 1. The molecule has 0 aliphatic heterocycles. The minimum absolute atomic E-state index is 0.0929. The number of hydrogen-bond donors (Lipinski definition) is 0. The second kappa shape index (κ2) is 9.01. The molecule has 0 spiro atoms. The van der Waals surface area contributed by atoms with Crippen molar-refractivity contribution >= 4 is 33.3 Å². The lowest BCUT2D eigenvalue weighted by atomic mass is 9.94. The molecule has 0 saturated heterocycles. The van der Waals surface area contributed by atoms with Crippen molar-refractivity contribution in [1.29, 1.82) is 0 Å². The first-order valence-electron chi connectivity index (χ1n) is 9.60. The molecule has 5 nitrogen and oxygen atoms in total. The molecule has 3 rings (SSSR count). The Morgan fingerprint density at radius 3 is 2.68 bits per heavy atom. The number of hydrogen-bond acceptors (Lipinski definition) is 5. The molecule has 1 saturated carbocycles. The minimum Gasteiger partial charge on any atom is -0.448 e. The van der Waals surface area contributed by atoms with Crippen molar-refractivity contribution in [1.82, 2.24) is 4.90 Å². The Morgan fingerprint density at radius 1 is 1.29 bits per heavy atom. The third kappa shape index (κ3) is 4.20. The Labute approximate surface area is 168 Å². The van der Waals surface area contributed by atoms with Gasteiger partial charge in [0.2, 0.25) is 0 Å². The molecule has 1 atom stereocenters. The third-order valence-electron chi connectivity index (χ3n) is 5.34. The molecule has 0 unspecified atom stereocenters. The molecular weight excluding hydrogens is 381 g/mol. The quantitative estimate of drug-likeness (QED) is 0.661. The number of halogens is 1. The largest absolute Gasteiger partial charge is 0.448 e. The van der Waals surface area contributed by atoms with Gasteiger partial charge < -0.3 is 14.4 Å². The summed E-state index contributed by atoms with van der Waals surface area (Å²) in [7, 11) is 3.26. The molecule has 1 aliphatic rings. The molecule has 1 heterocycles. The van der Waals surface area contributed by atoms with E-state index >= 15 is 0 Å². The van der Waals surface area contributed by atoms with Gasteiger partial charge in [0.25, 0.3) is 5.91 Å². The van der Waals surface area contributed by atoms with Gasteiger partial charge in [-0.15, -0.1) is 11.3 Å². The first kappa shape index (κ1) is 20.7. The number of benzene rings is 1. The first-order chi connectivity index (χ1) is 13.4. The van der Waals surface area contributed by atoms with Crippen LogP contribution in [0.25, 0.3) is 10.1 Å². The zero-order valence-corrected chi connectivity index (χ0v) is 17.3. The Morgan fingerprint density at radius 2 is 2.00 bits per heavy atom. The topological polar surface area (TPSA) is 55.8 Å². The van der Waals surface area contributed by atoms with Crippen LogP contribution in [0.2, 0.25) is 0 Å². The maximum atomic E-state index is 14.3. The van der Waals surface area contributed by atoms with Crippen molar-refractivity contribution in [2.75, 3.05) is 14.2 Å². The van der Waals surface area contributed by atoms with Crippen molar-refractivity contribution in [3.63, 3.8) is 0 Å². The van der Waals surface area contributed by atoms with Gasteiger partial charge in [0.05, 0.1) is 6.61 Å². The van der Waals surface area contributed by atoms with E-state index in [9.17, 15) is 14.0 Å². The van der Waals surface area contributed by atoms with Gasteiger partial charge in [-0.25, -0.2) is 9.18 Å². The number of ether oxygens (including phenoxy) is 2. The van der Waals surface area contributed by atoms with E-state index in [0.717, 1.165) is 37.0 Å². The average molecular weight is 408 g/mol. The molecule has 1 fully saturated rings. The fourth-order valence-corrected chi connectivity index (χ4v) is 4.92. The number of methoxy groups -OCH3 is 1. The van der Waals surface area contributed by atoms with Gasteiger partial charge in [-0.1, -0.05) is 25.3 Å². The Kier molecular flexibility index (Phi) is 6.67. The lowest BCUT2D eigenvalue weighted by Crippen LogP contribution is -2.44. The second-order valence-corrected chi connectivity index (χ2v) is 8.30. The van der Waals surface area contributed by atoms with Crippen molar-refractivity contribution in [2.24, 2.45) is 0 Å². The minimum atomic E-state index is -0.898. The summed E-state index contributed by atoms with van der Waals surface area (Å²) in [5, 5.41) is 0.375. The van der Waals surface area contributed by atoms with E-state index in [1.807, 2.05) is 0 Å². The predicted molar refractivity (Wildman–Crippen MR) is 107 cm³/mol. The van der Waals surface area contributed by atoms with E-state index in [2.05, 4.69) is 0 Å². The summed E-state index contributed by atoms with van der Waals surface area (Å²) in [5.74, 6) is -1.23. The Hall–Kier alpha value is -1.99. The van der Waals surface area contributed by atoms with Crippen LogP contribution >= 0.6 is 11.3 Å². The van der Waals surface area contributed by atoms with Crippen LogP contribution < -0.4 is 0 Å². The van der Waals surface area contributed by atoms with Crippen molar-refractivity contribution in [3.8, 4) is 0 Å². The maximum Gasteiger partial charge on any atom is 0.349 e. The number of rotatable bonds is 6. The van der Waals surface area contributed by atoms with Gasteiger partial charge in [0.15, 0.2) is 6.10 Å². The van der Waals surface area contributed by atoms with Crippen LogP contribution in [0, 0.1) is 5.82 Å². The van der Waals surface area contributed by atoms with Gasteiger partial charge >= 0.3 is 5.97 Å². The maximum absolute atomic E-state index is 14.3.